The van der Waals surface area contributed by atoms with Crippen LogP contribution in [0.5, 0.6) is 0 Å². The first-order valence-electron chi connectivity index (χ1n) is 5.09. The molecule has 0 saturated heterocycles. The van der Waals surface area contributed by atoms with E-state index in [0.29, 0.717) is 0 Å². The Morgan fingerprint density at radius 3 is 2.00 bits per heavy atom. The molecule has 1 heteroatoms. The highest BCUT2D eigenvalue weighted by Crippen LogP contribution is 2.20. The molecule has 2 atom stereocenters. The van der Waals surface area contributed by atoms with Gasteiger partial charge in [0.2, 0.25) is 0 Å². The fourth-order valence-corrected chi connectivity index (χ4v) is 1.93. The fraction of sp³-hybridized carbons (Fsp3) is 1.00. The summed E-state index contributed by atoms with van der Waals surface area (Å²) in [6, 6.07) is 0. The highest BCUT2D eigenvalue weighted by Gasteiger charge is 2.07. The van der Waals surface area contributed by atoms with Crippen LogP contribution in [-0.4, -0.2) is 11.5 Å². The van der Waals surface area contributed by atoms with Gasteiger partial charge in [0.05, 0.1) is 0 Å². The zero-order valence-electron chi connectivity index (χ0n) is 9.26. The first-order chi connectivity index (χ1) is 5.56. The second-order valence-corrected chi connectivity index (χ2v) is 5.63. The summed E-state index contributed by atoms with van der Waals surface area (Å²) in [7, 11) is 0. The summed E-state index contributed by atoms with van der Waals surface area (Å²) in [5.41, 5.74) is 0. The average molecular weight is 188 g/mol. The summed E-state index contributed by atoms with van der Waals surface area (Å²) >= 11 is 1.99. The number of rotatable bonds is 6. The molecule has 0 aromatic rings. The van der Waals surface area contributed by atoms with Gasteiger partial charge in [0.25, 0.3) is 0 Å². The normalized spacial score (nSPS) is 16.5. The molecule has 0 aromatic heterocycles. The third kappa shape index (κ3) is 7.02. The fourth-order valence-electron chi connectivity index (χ4n) is 1.56. The van der Waals surface area contributed by atoms with Gasteiger partial charge in [0, 0.05) is 5.25 Å². The Hall–Kier alpha value is 0.350. The van der Waals surface area contributed by atoms with Crippen molar-refractivity contribution in [3.8, 4) is 0 Å². The maximum Gasteiger partial charge on any atom is 0.00160 e. The van der Waals surface area contributed by atoms with Gasteiger partial charge in [0.15, 0.2) is 0 Å². The quantitative estimate of drug-likeness (QED) is 0.602. The molecule has 0 aliphatic heterocycles. The molecule has 12 heavy (non-hydrogen) atoms. The van der Waals surface area contributed by atoms with E-state index in [9.17, 15) is 0 Å². The Bertz CT molecular complexity index is 99.2. The first kappa shape index (κ1) is 12.3. The average Bonchev–Trinajstić information content (AvgIpc) is 1.99. The van der Waals surface area contributed by atoms with Gasteiger partial charge in [-0.3, -0.25) is 0 Å². The molecule has 0 fully saturated rings. The van der Waals surface area contributed by atoms with Crippen molar-refractivity contribution in [2.24, 2.45) is 11.8 Å². The Labute approximate surface area is 82.5 Å². The molecule has 0 aliphatic rings. The number of hydrogen-bond donors (Lipinski definition) is 0. The Balaban J connectivity index is 3.36. The highest BCUT2D eigenvalue weighted by molar-refractivity contribution is 7.99. The molecule has 0 amide bonds. The van der Waals surface area contributed by atoms with E-state index in [0.717, 1.165) is 17.1 Å². The van der Waals surface area contributed by atoms with Crippen molar-refractivity contribution in [3.05, 3.63) is 0 Å². The van der Waals surface area contributed by atoms with E-state index in [1.54, 1.807) is 0 Å². The molecule has 74 valence electrons. The lowest BCUT2D eigenvalue weighted by atomic mass is 9.94. The van der Waals surface area contributed by atoms with E-state index in [1.807, 2.05) is 11.8 Å². The van der Waals surface area contributed by atoms with Crippen molar-refractivity contribution in [2.75, 3.05) is 6.26 Å². The van der Waals surface area contributed by atoms with E-state index >= 15 is 0 Å². The number of thioether (sulfide) groups is 1. The van der Waals surface area contributed by atoms with E-state index in [1.165, 1.54) is 19.3 Å². The molecule has 0 aromatic carbocycles. The van der Waals surface area contributed by atoms with Crippen LogP contribution in [0.4, 0.5) is 0 Å². The van der Waals surface area contributed by atoms with Crippen LogP contribution in [0, 0.1) is 11.8 Å². The standard InChI is InChI=1S/C11H24S/c1-9(2)8-10(3)6-7-11(4)12-5/h9-11H,6-8H2,1-5H3. The van der Waals surface area contributed by atoms with E-state index in [-0.39, 0.29) is 0 Å². The van der Waals surface area contributed by atoms with Gasteiger partial charge in [-0.05, 0) is 37.4 Å². The molecule has 0 nitrogen and oxygen atoms in total. The smallest absolute Gasteiger partial charge is 0.00160 e. The Morgan fingerprint density at radius 2 is 1.58 bits per heavy atom. The van der Waals surface area contributed by atoms with Crippen LogP contribution in [0.2, 0.25) is 0 Å². The van der Waals surface area contributed by atoms with E-state index in [4.69, 9.17) is 0 Å². The van der Waals surface area contributed by atoms with Gasteiger partial charge in [-0.2, -0.15) is 11.8 Å². The molecule has 0 rings (SSSR count). The molecule has 0 heterocycles. The molecule has 0 aliphatic carbocycles. The van der Waals surface area contributed by atoms with Gasteiger partial charge in [0.1, 0.15) is 0 Å². The molecular weight excluding hydrogens is 164 g/mol. The van der Waals surface area contributed by atoms with Gasteiger partial charge < -0.3 is 0 Å². The van der Waals surface area contributed by atoms with Gasteiger partial charge in [-0.1, -0.05) is 27.7 Å². The monoisotopic (exact) mass is 188 g/mol. The maximum atomic E-state index is 2.38. The van der Waals surface area contributed by atoms with Crippen LogP contribution in [0.1, 0.15) is 47.0 Å². The molecule has 0 spiro atoms. The Morgan fingerprint density at radius 1 is 1.00 bits per heavy atom. The lowest BCUT2D eigenvalue weighted by Crippen LogP contribution is -2.03. The molecule has 2 unspecified atom stereocenters. The maximum absolute atomic E-state index is 2.38. The molecule has 0 saturated carbocycles. The minimum atomic E-state index is 0.847. The predicted molar refractivity (Wildman–Crippen MR) is 60.8 cm³/mol. The van der Waals surface area contributed by atoms with Crippen molar-refractivity contribution in [2.45, 2.75) is 52.2 Å². The minimum Gasteiger partial charge on any atom is -0.162 e. The van der Waals surface area contributed by atoms with Crippen LogP contribution in [-0.2, 0) is 0 Å². The van der Waals surface area contributed by atoms with Crippen molar-refractivity contribution in [1.82, 2.24) is 0 Å². The summed E-state index contributed by atoms with van der Waals surface area (Å²) < 4.78 is 0. The second-order valence-electron chi connectivity index (χ2n) is 4.36. The van der Waals surface area contributed by atoms with Crippen molar-refractivity contribution in [1.29, 1.82) is 0 Å². The Kier molecular flexibility index (Phi) is 7.02. The van der Waals surface area contributed by atoms with E-state index in [2.05, 4.69) is 34.0 Å². The van der Waals surface area contributed by atoms with Crippen LogP contribution in [0.15, 0.2) is 0 Å². The highest BCUT2D eigenvalue weighted by atomic mass is 32.2. The summed E-state index contributed by atoms with van der Waals surface area (Å²) in [5, 5.41) is 0.847. The number of hydrogen-bond acceptors (Lipinski definition) is 1. The molecule has 0 bridgehead atoms. The van der Waals surface area contributed by atoms with Gasteiger partial charge in [-0.25, -0.2) is 0 Å². The minimum absolute atomic E-state index is 0.847. The predicted octanol–water partition coefficient (Wildman–Crippen LogP) is 4.20. The van der Waals surface area contributed by atoms with Crippen LogP contribution < -0.4 is 0 Å². The van der Waals surface area contributed by atoms with Crippen molar-refractivity contribution in [3.63, 3.8) is 0 Å². The third-order valence-corrected chi connectivity index (χ3v) is 3.38. The van der Waals surface area contributed by atoms with Crippen LogP contribution in [0.25, 0.3) is 0 Å². The largest absolute Gasteiger partial charge is 0.162 e. The third-order valence-electron chi connectivity index (χ3n) is 2.34. The molecular formula is C11H24S. The van der Waals surface area contributed by atoms with Crippen LogP contribution in [0.3, 0.4) is 0 Å². The van der Waals surface area contributed by atoms with Crippen molar-refractivity contribution < 1.29 is 0 Å². The van der Waals surface area contributed by atoms with Crippen molar-refractivity contribution >= 4 is 11.8 Å². The first-order valence-corrected chi connectivity index (χ1v) is 6.37. The summed E-state index contributed by atoms with van der Waals surface area (Å²) in [4.78, 5) is 0. The lowest BCUT2D eigenvalue weighted by molar-refractivity contribution is 0.406. The lowest BCUT2D eigenvalue weighted by Gasteiger charge is -2.15. The molecule has 0 N–H and O–H groups in total. The summed E-state index contributed by atoms with van der Waals surface area (Å²) in [6.45, 7) is 9.34. The second kappa shape index (κ2) is 6.82. The zero-order chi connectivity index (χ0) is 9.56. The van der Waals surface area contributed by atoms with E-state index < -0.39 is 0 Å². The van der Waals surface area contributed by atoms with Gasteiger partial charge in [-0.15, -0.1) is 0 Å². The molecule has 0 radical (unpaired) electrons. The summed E-state index contributed by atoms with van der Waals surface area (Å²) in [5.74, 6) is 1.78. The summed E-state index contributed by atoms with van der Waals surface area (Å²) in [6.07, 6.45) is 6.38. The SMILES string of the molecule is CSC(C)CCC(C)CC(C)C. The van der Waals surface area contributed by atoms with Gasteiger partial charge >= 0.3 is 0 Å². The zero-order valence-corrected chi connectivity index (χ0v) is 10.1. The van der Waals surface area contributed by atoms with Crippen LogP contribution >= 0.6 is 11.8 Å². The topological polar surface area (TPSA) is 0 Å².